The second kappa shape index (κ2) is 8.00. The van der Waals surface area contributed by atoms with Crippen LogP contribution in [0.1, 0.15) is 41.3 Å². The number of nitrogens with zero attached hydrogens (tertiary/aromatic N) is 3. The molecule has 1 aromatic carbocycles. The summed E-state index contributed by atoms with van der Waals surface area (Å²) in [5, 5.41) is 0.624. The molecule has 2 aliphatic rings. The molecular weight excluding hydrogens is 414 g/mol. The predicted octanol–water partition coefficient (Wildman–Crippen LogP) is 3.60. The first-order chi connectivity index (χ1) is 15.0. The molecule has 2 aromatic heterocycles. The van der Waals surface area contributed by atoms with E-state index in [1.807, 2.05) is 36.9 Å². The third-order valence-electron chi connectivity index (χ3n) is 6.19. The van der Waals surface area contributed by atoms with E-state index in [4.69, 9.17) is 9.47 Å². The Bertz CT molecular complexity index is 1220. The van der Waals surface area contributed by atoms with Gasteiger partial charge in [-0.2, -0.15) is 0 Å². The lowest BCUT2D eigenvalue weighted by atomic mass is 10.0. The highest BCUT2D eigenvalue weighted by molar-refractivity contribution is 7.18. The van der Waals surface area contributed by atoms with Gasteiger partial charge in [0.15, 0.2) is 11.5 Å². The zero-order valence-electron chi connectivity index (χ0n) is 17.7. The number of rotatable bonds is 3. The first kappa shape index (κ1) is 20.1. The van der Waals surface area contributed by atoms with Crippen LogP contribution in [0.5, 0.6) is 11.5 Å². The number of aryl methyl sites for hydroxylation is 2. The lowest BCUT2D eigenvalue weighted by Crippen LogP contribution is -2.36. The van der Waals surface area contributed by atoms with Crippen molar-refractivity contribution in [3.63, 3.8) is 0 Å². The van der Waals surface area contributed by atoms with E-state index in [2.05, 4.69) is 4.98 Å². The molecule has 162 valence electrons. The van der Waals surface area contributed by atoms with Crippen molar-refractivity contribution in [2.45, 2.75) is 45.7 Å². The monoisotopic (exact) mass is 439 g/mol. The number of thiophene rings is 1. The fourth-order valence-corrected chi connectivity index (χ4v) is 5.41. The van der Waals surface area contributed by atoms with Gasteiger partial charge < -0.3 is 14.4 Å². The maximum absolute atomic E-state index is 13.2. The van der Waals surface area contributed by atoms with Crippen molar-refractivity contribution in [3.05, 3.63) is 50.9 Å². The number of likely N-dealkylation sites (tertiary alicyclic amines) is 1. The van der Waals surface area contributed by atoms with Gasteiger partial charge in [0.05, 0.1) is 31.0 Å². The number of carbonyl (C=O) groups excluding carboxylic acids is 1. The standard InChI is InChI=1S/C23H25N3O4S/c1-14-15(2)31-22-21(14)23(28)25(13-24-22)12-20(27)26-8-3-5-17(26)16-6-7-18-19(11-16)30-10-4-9-29-18/h6-7,11,13,17H,3-5,8-10,12H2,1-2H3/t17-/m0/s1. The minimum atomic E-state index is -0.147. The lowest BCUT2D eigenvalue weighted by molar-refractivity contribution is -0.132. The summed E-state index contributed by atoms with van der Waals surface area (Å²) in [6.45, 7) is 5.88. The van der Waals surface area contributed by atoms with Gasteiger partial charge in [-0.05, 0) is 49.9 Å². The van der Waals surface area contributed by atoms with Gasteiger partial charge in [-0.3, -0.25) is 14.2 Å². The molecule has 1 saturated heterocycles. The van der Waals surface area contributed by atoms with Crippen molar-refractivity contribution in [1.82, 2.24) is 14.5 Å². The van der Waals surface area contributed by atoms with Crippen LogP contribution in [0.25, 0.3) is 10.2 Å². The van der Waals surface area contributed by atoms with Crippen LogP contribution in [0.2, 0.25) is 0 Å². The molecule has 4 heterocycles. The van der Waals surface area contributed by atoms with Crippen LogP contribution < -0.4 is 15.0 Å². The van der Waals surface area contributed by atoms with Gasteiger partial charge in [0.1, 0.15) is 11.4 Å². The van der Waals surface area contributed by atoms with Crippen LogP contribution in [-0.2, 0) is 11.3 Å². The van der Waals surface area contributed by atoms with Gasteiger partial charge in [-0.15, -0.1) is 11.3 Å². The summed E-state index contributed by atoms with van der Waals surface area (Å²) in [5.41, 5.74) is 1.84. The number of hydrogen-bond donors (Lipinski definition) is 0. The molecule has 0 spiro atoms. The summed E-state index contributed by atoms with van der Waals surface area (Å²) in [4.78, 5) is 34.3. The molecule has 2 aliphatic heterocycles. The van der Waals surface area contributed by atoms with Crippen molar-refractivity contribution in [1.29, 1.82) is 0 Å². The van der Waals surface area contributed by atoms with E-state index in [0.717, 1.165) is 51.6 Å². The fraction of sp³-hybridized carbons (Fsp3) is 0.435. The topological polar surface area (TPSA) is 73.7 Å². The third kappa shape index (κ3) is 3.59. The molecular formula is C23H25N3O4S. The molecule has 1 atom stereocenters. The van der Waals surface area contributed by atoms with Crippen LogP contribution >= 0.6 is 11.3 Å². The van der Waals surface area contributed by atoms with Crippen LogP contribution in [0, 0.1) is 13.8 Å². The normalized spacial score (nSPS) is 18.4. The van der Waals surface area contributed by atoms with Crippen molar-refractivity contribution < 1.29 is 14.3 Å². The van der Waals surface area contributed by atoms with Crippen LogP contribution in [0.15, 0.2) is 29.3 Å². The van der Waals surface area contributed by atoms with Gasteiger partial charge in [-0.25, -0.2) is 4.98 Å². The molecule has 0 radical (unpaired) electrons. The average molecular weight is 440 g/mol. The van der Waals surface area contributed by atoms with Gasteiger partial charge in [-0.1, -0.05) is 6.07 Å². The van der Waals surface area contributed by atoms with E-state index in [1.165, 1.54) is 22.2 Å². The quantitative estimate of drug-likeness (QED) is 0.623. The molecule has 0 unspecified atom stereocenters. The smallest absolute Gasteiger partial charge is 0.262 e. The minimum absolute atomic E-state index is 0.00282. The van der Waals surface area contributed by atoms with E-state index in [1.54, 1.807) is 0 Å². The highest BCUT2D eigenvalue weighted by Gasteiger charge is 2.31. The maximum Gasteiger partial charge on any atom is 0.262 e. The summed E-state index contributed by atoms with van der Waals surface area (Å²) in [6, 6.07) is 5.91. The van der Waals surface area contributed by atoms with E-state index < -0.39 is 0 Å². The molecule has 7 nitrogen and oxygen atoms in total. The zero-order valence-corrected chi connectivity index (χ0v) is 18.5. The number of carbonyl (C=O) groups is 1. The lowest BCUT2D eigenvalue weighted by Gasteiger charge is -2.26. The largest absolute Gasteiger partial charge is 0.490 e. The zero-order chi connectivity index (χ0) is 21.5. The van der Waals surface area contributed by atoms with Crippen molar-refractivity contribution in [2.24, 2.45) is 0 Å². The molecule has 1 amide bonds. The first-order valence-electron chi connectivity index (χ1n) is 10.7. The molecule has 1 fully saturated rings. The molecule has 3 aromatic rings. The Hall–Kier alpha value is -2.87. The minimum Gasteiger partial charge on any atom is -0.490 e. The van der Waals surface area contributed by atoms with Gasteiger partial charge in [0.25, 0.3) is 5.56 Å². The number of amides is 1. The molecule has 0 saturated carbocycles. The Morgan fingerprint density at radius 2 is 2.00 bits per heavy atom. The van der Waals surface area contributed by atoms with E-state index in [0.29, 0.717) is 25.1 Å². The summed E-state index contributed by atoms with van der Waals surface area (Å²) >= 11 is 1.51. The summed E-state index contributed by atoms with van der Waals surface area (Å²) in [7, 11) is 0. The molecule has 8 heteroatoms. The Balaban J connectivity index is 1.40. The van der Waals surface area contributed by atoms with Gasteiger partial charge in [0.2, 0.25) is 5.91 Å². The van der Waals surface area contributed by atoms with Crippen LogP contribution in [0.4, 0.5) is 0 Å². The Morgan fingerprint density at radius 1 is 1.19 bits per heavy atom. The van der Waals surface area contributed by atoms with Crippen molar-refractivity contribution >= 4 is 27.5 Å². The molecule has 5 rings (SSSR count). The average Bonchev–Trinajstić information content (AvgIpc) is 3.27. The second-order valence-electron chi connectivity index (χ2n) is 8.14. The molecule has 31 heavy (non-hydrogen) atoms. The number of benzene rings is 1. The number of hydrogen-bond acceptors (Lipinski definition) is 6. The predicted molar refractivity (Wildman–Crippen MR) is 119 cm³/mol. The highest BCUT2D eigenvalue weighted by atomic mass is 32.1. The van der Waals surface area contributed by atoms with Crippen molar-refractivity contribution in [3.8, 4) is 11.5 Å². The van der Waals surface area contributed by atoms with Gasteiger partial charge >= 0.3 is 0 Å². The van der Waals surface area contributed by atoms with Crippen LogP contribution in [-0.4, -0.2) is 40.1 Å². The van der Waals surface area contributed by atoms with E-state index in [-0.39, 0.29) is 24.1 Å². The summed E-state index contributed by atoms with van der Waals surface area (Å²) in [5.74, 6) is 1.43. The van der Waals surface area contributed by atoms with Crippen molar-refractivity contribution in [2.75, 3.05) is 19.8 Å². The molecule has 0 N–H and O–H groups in total. The molecule has 0 bridgehead atoms. The maximum atomic E-state index is 13.2. The Labute approximate surface area is 184 Å². The number of ether oxygens (including phenoxy) is 2. The Kier molecular flexibility index (Phi) is 5.17. The number of aromatic nitrogens is 2. The summed E-state index contributed by atoms with van der Waals surface area (Å²) in [6.07, 6.45) is 4.17. The van der Waals surface area contributed by atoms with E-state index in [9.17, 15) is 9.59 Å². The number of fused-ring (bicyclic) bond motifs is 2. The SMILES string of the molecule is Cc1sc2ncn(CC(=O)N3CCC[C@H]3c3ccc4c(c3)OCCCO4)c(=O)c2c1C. The van der Waals surface area contributed by atoms with E-state index >= 15 is 0 Å². The fourth-order valence-electron chi connectivity index (χ4n) is 4.42. The Morgan fingerprint density at radius 3 is 2.84 bits per heavy atom. The second-order valence-corrected chi connectivity index (χ2v) is 9.35. The van der Waals surface area contributed by atoms with Crippen LogP contribution in [0.3, 0.4) is 0 Å². The third-order valence-corrected chi connectivity index (χ3v) is 7.31. The first-order valence-corrected chi connectivity index (χ1v) is 11.5. The molecule has 0 aliphatic carbocycles. The van der Waals surface area contributed by atoms with Gasteiger partial charge in [0, 0.05) is 17.8 Å². The highest BCUT2D eigenvalue weighted by Crippen LogP contribution is 2.38. The summed E-state index contributed by atoms with van der Waals surface area (Å²) < 4.78 is 13.0.